The highest BCUT2D eigenvalue weighted by Gasteiger charge is 2.32. The lowest BCUT2D eigenvalue weighted by molar-refractivity contribution is -0.137. The van der Waals surface area contributed by atoms with Crippen molar-refractivity contribution in [3.63, 3.8) is 0 Å². The van der Waals surface area contributed by atoms with Crippen LogP contribution in [0.3, 0.4) is 0 Å². The van der Waals surface area contributed by atoms with Crippen molar-refractivity contribution in [2.24, 2.45) is 0 Å². The first-order chi connectivity index (χ1) is 12.6. The molecule has 0 bridgehead atoms. The second kappa shape index (κ2) is 7.31. The van der Waals surface area contributed by atoms with Crippen LogP contribution >= 0.6 is 0 Å². The largest absolute Gasteiger partial charge is 0.416 e. The average molecular weight is 405 g/mol. The minimum Gasteiger partial charge on any atom is -0.362 e. The fourth-order valence-electron chi connectivity index (χ4n) is 3.55. The van der Waals surface area contributed by atoms with Crippen molar-refractivity contribution >= 4 is 21.6 Å². The smallest absolute Gasteiger partial charge is 0.362 e. The molecule has 0 saturated carbocycles. The van der Waals surface area contributed by atoms with Crippen LogP contribution in [-0.2, 0) is 27.4 Å². The van der Waals surface area contributed by atoms with Crippen LogP contribution in [0, 0.1) is 0 Å². The van der Waals surface area contributed by atoms with Crippen LogP contribution in [0.1, 0.15) is 17.5 Å². The highest BCUT2D eigenvalue weighted by Crippen LogP contribution is 2.35. The highest BCUT2D eigenvalue weighted by molar-refractivity contribution is 7.88. The van der Waals surface area contributed by atoms with Gasteiger partial charge in [-0.15, -0.1) is 0 Å². The molecule has 0 aromatic heterocycles. The monoisotopic (exact) mass is 405 g/mol. The summed E-state index contributed by atoms with van der Waals surface area (Å²) in [6.07, 6.45) is -2.00. The van der Waals surface area contributed by atoms with Gasteiger partial charge >= 0.3 is 6.18 Å². The number of anilines is 1. The number of amides is 1. The Kier molecular flexibility index (Phi) is 5.40. The molecule has 0 atom stereocenters. The maximum atomic E-state index is 12.9. The first-order valence-corrected chi connectivity index (χ1v) is 10.6. The molecule has 3 rings (SSSR count). The first-order valence-electron chi connectivity index (χ1n) is 8.73. The van der Waals surface area contributed by atoms with E-state index in [1.807, 2.05) is 4.90 Å². The first kappa shape index (κ1) is 19.9. The van der Waals surface area contributed by atoms with Gasteiger partial charge in [-0.25, -0.2) is 8.42 Å². The van der Waals surface area contributed by atoms with E-state index in [0.29, 0.717) is 43.7 Å². The summed E-state index contributed by atoms with van der Waals surface area (Å²) in [5.41, 5.74) is 0.592. The van der Waals surface area contributed by atoms with Gasteiger partial charge in [-0.1, -0.05) is 0 Å². The van der Waals surface area contributed by atoms with Crippen molar-refractivity contribution in [2.75, 3.05) is 50.4 Å². The summed E-state index contributed by atoms with van der Waals surface area (Å²) in [7, 11) is -3.27. The Labute approximate surface area is 156 Å². The van der Waals surface area contributed by atoms with Crippen molar-refractivity contribution in [3.8, 4) is 0 Å². The van der Waals surface area contributed by atoms with Crippen molar-refractivity contribution < 1.29 is 26.4 Å². The Morgan fingerprint density at radius 1 is 1.11 bits per heavy atom. The number of nitrogens with zero attached hydrogens (tertiary/aromatic N) is 3. The number of aryl methyl sites for hydroxylation is 1. The second-order valence-electron chi connectivity index (χ2n) is 6.91. The number of benzene rings is 1. The van der Waals surface area contributed by atoms with Gasteiger partial charge in [0.1, 0.15) is 0 Å². The van der Waals surface area contributed by atoms with Crippen molar-refractivity contribution in [2.45, 2.75) is 19.0 Å². The normalized spacial score (nSPS) is 19.1. The molecule has 0 aliphatic carbocycles. The van der Waals surface area contributed by atoms with Gasteiger partial charge < -0.3 is 9.80 Å². The molecule has 0 radical (unpaired) electrons. The Morgan fingerprint density at radius 2 is 1.78 bits per heavy atom. The van der Waals surface area contributed by atoms with E-state index in [1.165, 1.54) is 10.4 Å². The maximum absolute atomic E-state index is 12.9. The quantitative estimate of drug-likeness (QED) is 0.766. The van der Waals surface area contributed by atoms with E-state index >= 15 is 0 Å². The minimum atomic E-state index is -4.38. The number of hydrogen-bond acceptors (Lipinski definition) is 4. The Bertz CT molecular complexity index is 818. The molecule has 150 valence electrons. The predicted molar refractivity (Wildman–Crippen MR) is 95.0 cm³/mol. The lowest BCUT2D eigenvalue weighted by Gasteiger charge is -2.36. The molecule has 1 aromatic carbocycles. The van der Waals surface area contributed by atoms with Crippen LogP contribution in [0.2, 0.25) is 0 Å². The zero-order valence-corrected chi connectivity index (χ0v) is 15.8. The number of piperazine rings is 1. The van der Waals surface area contributed by atoms with Crippen molar-refractivity contribution in [3.05, 3.63) is 29.3 Å². The molecule has 2 aliphatic rings. The summed E-state index contributed by atoms with van der Waals surface area (Å²) in [4.78, 5) is 16.0. The third-order valence-corrected chi connectivity index (χ3v) is 6.31. The van der Waals surface area contributed by atoms with Crippen molar-refractivity contribution in [1.82, 2.24) is 9.21 Å². The molecule has 10 heteroatoms. The van der Waals surface area contributed by atoms with Gasteiger partial charge in [0, 0.05) is 38.4 Å². The molecule has 1 amide bonds. The number of rotatable bonds is 3. The molecule has 1 saturated heterocycles. The summed E-state index contributed by atoms with van der Waals surface area (Å²) in [6.45, 7) is 1.84. The lowest BCUT2D eigenvalue weighted by atomic mass is 9.99. The van der Waals surface area contributed by atoms with Gasteiger partial charge in [0.2, 0.25) is 15.9 Å². The average Bonchev–Trinajstić information content (AvgIpc) is 2.60. The highest BCUT2D eigenvalue weighted by atomic mass is 32.2. The Morgan fingerprint density at radius 3 is 2.37 bits per heavy atom. The van der Waals surface area contributed by atoms with Crippen molar-refractivity contribution in [1.29, 1.82) is 0 Å². The van der Waals surface area contributed by atoms with Gasteiger partial charge in [-0.3, -0.25) is 4.79 Å². The Hall–Kier alpha value is -1.81. The number of carbonyl (C=O) groups is 1. The molecule has 1 aromatic rings. The zero-order chi connectivity index (χ0) is 19.8. The van der Waals surface area contributed by atoms with Crippen LogP contribution in [0.5, 0.6) is 0 Å². The molecular formula is C17H22F3N3O3S. The number of carbonyl (C=O) groups excluding carboxylic acids is 1. The zero-order valence-electron chi connectivity index (χ0n) is 15.0. The van der Waals surface area contributed by atoms with E-state index in [1.54, 1.807) is 4.90 Å². The van der Waals surface area contributed by atoms with E-state index < -0.39 is 21.8 Å². The van der Waals surface area contributed by atoms with E-state index in [-0.39, 0.29) is 25.5 Å². The van der Waals surface area contributed by atoms with E-state index in [9.17, 15) is 26.4 Å². The summed E-state index contributed by atoms with van der Waals surface area (Å²) in [6, 6.07) is 3.65. The van der Waals surface area contributed by atoms with Gasteiger partial charge in [-0.2, -0.15) is 17.5 Å². The predicted octanol–water partition coefficient (Wildman–Crippen LogP) is 1.56. The number of halogens is 3. The summed E-state index contributed by atoms with van der Waals surface area (Å²) >= 11 is 0. The minimum absolute atomic E-state index is 0.0806. The van der Waals surface area contributed by atoms with Crippen LogP contribution in [0.4, 0.5) is 18.9 Å². The summed E-state index contributed by atoms with van der Waals surface area (Å²) in [5.74, 6) is -0.143. The molecule has 1 fully saturated rings. The molecule has 0 N–H and O–H groups in total. The number of fused-ring (bicyclic) bond motifs is 1. The third-order valence-electron chi connectivity index (χ3n) is 5.01. The summed E-state index contributed by atoms with van der Waals surface area (Å²) < 4.78 is 63.1. The molecule has 6 nitrogen and oxygen atoms in total. The third kappa shape index (κ3) is 4.55. The standard InChI is InChI=1S/C17H22F3N3O3S/c1-27(25,26)23-9-7-21(8-10-23)16(24)12-22-6-2-3-13-11-14(17(18,19)20)4-5-15(13)22/h4-5,11H,2-3,6-10,12H2,1H3. The topological polar surface area (TPSA) is 60.9 Å². The Balaban J connectivity index is 1.67. The van der Waals surface area contributed by atoms with Crippen LogP contribution in [0.25, 0.3) is 0 Å². The fourth-order valence-corrected chi connectivity index (χ4v) is 4.37. The summed E-state index contributed by atoms with van der Waals surface area (Å²) in [5, 5.41) is 0. The fraction of sp³-hybridized carbons (Fsp3) is 0.588. The number of alkyl halides is 3. The number of sulfonamides is 1. The maximum Gasteiger partial charge on any atom is 0.416 e. The van der Waals surface area contributed by atoms with E-state index in [0.717, 1.165) is 18.4 Å². The van der Waals surface area contributed by atoms with Crippen LogP contribution in [0.15, 0.2) is 18.2 Å². The second-order valence-corrected chi connectivity index (χ2v) is 8.89. The van der Waals surface area contributed by atoms with Crippen LogP contribution in [-0.4, -0.2) is 69.1 Å². The molecule has 27 heavy (non-hydrogen) atoms. The number of hydrogen-bond donors (Lipinski definition) is 0. The molecular weight excluding hydrogens is 383 g/mol. The van der Waals surface area contributed by atoms with Gasteiger partial charge in [-0.05, 0) is 36.6 Å². The lowest BCUT2D eigenvalue weighted by Crippen LogP contribution is -2.52. The molecule has 0 spiro atoms. The molecule has 0 unspecified atom stereocenters. The molecule has 2 heterocycles. The van der Waals surface area contributed by atoms with Gasteiger partial charge in [0.25, 0.3) is 0 Å². The van der Waals surface area contributed by atoms with Gasteiger partial charge in [0.15, 0.2) is 0 Å². The SMILES string of the molecule is CS(=O)(=O)N1CCN(C(=O)CN2CCCc3cc(C(F)(F)F)ccc32)CC1. The van der Waals surface area contributed by atoms with E-state index in [2.05, 4.69) is 0 Å². The van der Waals surface area contributed by atoms with Crippen LogP contribution < -0.4 is 4.90 Å². The van der Waals surface area contributed by atoms with Gasteiger partial charge in [0.05, 0.1) is 18.4 Å². The molecule has 2 aliphatic heterocycles. The van der Waals surface area contributed by atoms with E-state index in [4.69, 9.17) is 0 Å².